The van der Waals surface area contributed by atoms with Gasteiger partial charge in [-0.15, -0.1) is 0 Å². The Morgan fingerprint density at radius 3 is 2.35 bits per heavy atom. The van der Waals surface area contributed by atoms with Gasteiger partial charge in [0.05, 0.1) is 7.11 Å². The van der Waals surface area contributed by atoms with Gasteiger partial charge < -0.3 is 16.2 Å². The Bertz CT molecular complexity index is 328. The molecule has 0 amide bonds. The first-order valence-corrected chi connectivity index (χ1v) is 5.33. The van der Waals surface area contributed by atoms with Crippen molar-refractivity contribution in [3.63, 3.8) is 0 Å². The smallest absolute Gasteiger partial charge is 0.258 e. The average molecular weight is 242 g/mol. The van der Waals surface area contributed by atoms with Crippen molar-refractivity contribution in [2.24, 2.45) is 0 Å². The first kappa shape index (κ1) is 13.4. The SMILES string of the molecule is CCCCOCN(OC)c1nc(N)nc(N)n1. The lowest BCUT2D eigenvalue weighted by Gasteiger charge is -2.19. The van der Waals surface area contributed by atoms with Crippen LogP contribution in [0.3, 0.4) is 0 Å². The third-order valence-corrected chi connectivity index (χ3v) is 1.95. The largest absolute Gasteiger partial charge is 0.368 e. The summed E-state index contributed by atoms with van der Waals surface area (Å²) in [5.41, 5.74) is 10.9. The standard InChI is InChI=1S/C9H18N6O2/c1-3-4-5-17-6-15(16-2)9-13-7(10)12-8(11)14-9/h3-6H2,1-2H3,(H4,10,11,12,13,14). The quantitative estimate of drug-likeness (QED) is 0.395. The number of nitrogens with two attached hydrogens (primary N) is 2. The van der Waals surface area contributed by atoms with Crippen LogP contribution in [0.5, 0.6) is 0 Å². The summed E-state index contributed by atoms with van der Waals surface area (Å²) in [4.78, 5) is 16.5. The number of hydroxylamine groups is 1. The number of nitrogens with zero attached hydrogens (tertiary/aromatic N) is 4. The summed E-state index contributed by atoms with van der Waals surface area (Å²) >= 11 is 0. The van der Waals surface area contributed by atoms with Gasteiger partial charge in [-0.1, -0.05) is 13.3 Å². The molecule has 0 spiro atoms. The fourth-order valence-electron chi connectivity index (χ4n) is 1.09. The molecule has 8 nitrogen and oxygen atoms in total. The van der Waals surface area contributed by atoms with Crippen molar-refractivity contribution in [3.8, 4) is 0 Å². The van der Waals surface area contributed by atoms with E-state index in [1.54, 1.807) is 0 Å². The Morgan fingerprint density at radius 2 is 1.82 bits per heavy atom. The normalized spacial score (nSPS) is 10.5. The van der Waals surface area contributed by atoms with Crippen LogP contribution in [-0.4, -0.2) is 35.4 Å². The van der Waals surface area contributed by atoms with E-state index in [-0.39, 0.29) is 24.6 Å². The predicted molar refractivity (Wildman–Crippen MR) is 63.9 cm³/mol. The number of rotatable bonds is 7. The van der Waals surface area contributed by atoms with Crippen LogP contribution in [0.4, 0.5) is 17.8 Å². The third kappa shape index (κ3) is 4.37. The molecule has 1 aromatic heterocycles. The summed E-state index contributed by atoms with van der Waals surface area (Å²) in [6.07, 6.45) is 2.05. The van der Waals surface area contributed by atoms with Crippen LogP contribution in [0.2, 0.25) is 0 Å². The Labute approximate surface area is 99.9 Å². The van der Waals surface area contributed by atoms with E-state index in [0.717, 1.165) is 12.8 Å². The van der Waals surface area contributed by atoms with Gasteiger partial charge in [0.1, 0.15) is 6.73 Å². The fraction of sp³-hybridized carbons (Fsp3) is 0.667. The summed E-state index contributed by atoms with van der Waals surface area (Å²) < 4.78 is 5.38. The average Bonchev–Trinajstić information content (AvgIpc) is 2.28. The zero-order valence-corrected chi connectivity index (χ0v) is 10.1. The molecule has 0 aromatic carbocycles. The van der Waals surface area contributed by atoms with E-state index in [4.69, 9.17) is 21.0 Å². The number of hydrogen-bond donors (Lipinski definition) is 2. The van der Waals surface area contributed by atoms with Gasteiger partial charge in [-0.2, -0.15) is 20.0 Å². The minimum atomic E-state index is 0.0445. The number of ether oxygens (including phenoxy) is 1. The van der Waals surface area contributed by atoms with Crippen LogP contribution in [0.25, 0.3) is 0 Å². The maximum Gasteiger partial charge on any atom is 0.258 e. The first-order valence-electron chi connectivity index (χ1n) is 5.33. The number of aromatic nitrogens is 3. The maximum atomic E-state index is 5.46. The van der Waals surface area contributed by atoms with E-state index < -0.39 is 0 Å². The molecule has 1 aromatic rings. The molecule has 0 fully saturated rings. The molecule has 17 heavy (non-hydrogen) atoms. The van der Waals surface area contributed by atoms with E-state index in [0.29, 0.717) is 6.61 Å². The highest BCUT2D eigenvalue weighted by atomic mass is 16.7. The van der Waals surface area contributed by atoms with Gasteiger partial charge in [-0.3, -0.25) is 4.84 Å². The summed E-state index contributed by atoms with van der Waals surface area (Å²) in [6.45, 7) is 2.94. The van der Waals surface area contributed by atoms with Crippen molar-refractivity contribution in [2.45, 2.75) is 19.8 Å². The maximum absolute atomic E-state index is 5.46. The van der Waals surface area contributed by atoms with Crippen LogP contribution in [0.15, 0.2) is 0 Å². The topological polar surface area (TPSA) is 112 Å². The fourth-order valence-corrected chi connectivity index (χ4v) is 1.09. The molecular formula is C9H18N6O2. The second-order valence-corrected chi connectivity index (χ2v) is 3.30. The third-order valence-electron chi connectivity index (χ3n) is 1.95. The second-order valence-electron chi connectivity index (χ2n) is 3.30. The van der Waals surface area contributed by atoms with Gasteiger partial charge >= 0.3 is 0 Å². The van der Waals surface area contributed by atoms with Crippen LogP contribution < -0.4 is 16.5 Å². The highest BCUT2D eigenvalue weighted by molar-refractivity contribution is 5.37. The van der Waals surface area contributed by atoms with Crippen LogP contribution in [0, 0.1) is 0 Å². The van der Waals surface area contributed by atoms with E-state index in [9.17, 15) is 0 Å². The van der Waals surface area contributed by atoms with Crippen molar-refractivity contribution in [3.05, 3.63) is 0 Å². The molecule has 4 N–H and O–H groups in total. The second kappa shape index (κ2) is 6.81. The van der Waals surface area contributed by atoms with E-state index >= 15 is 0 Å². The van der Waals surface area contributed by atoms with E-state index in [1.807, 2.05) is 0 Å². The molecule has 0 unspecified atom stereocenters. The molecule has 0 atom stereocenters. The predicted octanol–water partition coefficient (Wildman–Crippen LogP) is 0.178. The molecule has 0 bridgehead atoms. The van der Waals surface area contributed by atoms with Crippen LogP contribution in [-0.2, 0) is 9.57 Å². The number of nitrogen functional groups attached to an aromatic ring is 2. The summed E-state index contributed by atoms with van der Waals surface area (Å²) in [5.74, 6) is 0.320. The Kier molecular flexibility index (Phi) is 5.37. The first-order chi connectivity index (χ1) is 8.17. The van der Waals surface area contributed by atoms with Gasteiger partial charge in [0.25, 0.3) is 5.95 Å². The molecular weight excluding hydrogens is 224 g/mol. The molecule has 1 heterocycles. The minimum Gasteiger partial charge on any atom is -0.368 e. The van der Waals surface area contributed by atoms with Crippen molar-refractivity contribution < 1.29 is 9.57 Å². The lowest BCUT2D eigenvalue weighted by Crippen LogP contribution is -2.28. The zero-order valence-electron chi connectivity index (χ0n) is 10.1. The van der Waals surface area contributed by atoms with Gasteiger partial charge in [0, 0.05) is 6.61 Å². The summed E-state index contributed by atoms with van der Waals surface area (Å²) in [7, 11) is 1.49. The Hall–Kier alpha value is -1.67. The molecule has 1 rings (SSSR count). The monoisotopic (exact) mass is 242 g/mol. The summed E-state index contributed by atoms with van der Waals surface area (Å²) in [5, 5.41) is 1.35. The van der Waals surface area contributed by atoms with Crippen LogP contribution in [0.1, 0.15) is 19.8 Å². The lowest BCUT2D eigenvalue weighted by atomic mass is 10.4. The molecule has 96 valence electrons. The van der Waals surface area contributed by atoms with Crippen molar-refractivity contribution in [1.82, 2.24) is 15.0 Å². The van der Waals surface area contributed by atoms with Crippen LogP contribution >= 0.6 is 0 Å². The van der Waals surface area contributed by atoms with Crippen molar-refractivity contribution in [2.75, 3.05) is 37.0 Å². The lowest BCUT2D eigenvalue weighted by molar-refractivity contribution is 0.0437. The number of anilines is 3. The molecule has 0 aliphatic rings. The van der Waals surface area contributed by atoms with Crippen molar-refractivity contribution in [1.29, 1.82) is 0 Å². The number of unbranched alkanes of at least 4 members (excludes halogenated alkanes) is 1. The Morgan fingerprint density at radius 1 is 1.18 bits per heavy atom. The van der Waals surface area contributed by atoms with Gasteiger partial charge in [-0.05, 0) is 6.42 Å². The van der Waals surface area contributed by atoms with Gasteiger partial charge in [0.15, 0.2) is 0 Å². The highest BCUT2D eigenvalue weighted by Gasteiger charge is 2.11. The van der Waals surface area contributed by atoms with Gasteiger partial charge in [-0.25, -0.2) is 0 Å². The molecule has 0 radical (unpaired) electrons. The van der Waals surface area contributed by atoms with E-state index in [2.05, 4.69) is 21.9 Å². The molecule has 0 saturated heterocycles. The molecule has 0 aliphatic carbocycles. The molecule has 8 heteroatoms. The summed E-state index contributed by atoms with van der Waals surface area (Å²) in [6, 6.07) is 0. The van der Waals surface area contributed by atoms with Crippen molar-refractivity contribution >= 4 is 17.8 Å². The van der Waals surface area contributed by atoms with Gasteiger partial charge in [0.2, 0.25) is 11.9 Å². The Balaban J connectivity index is 2.59. The highest BCUT2D eigenvalue weighted by Crippen LogP contribution is 2.10. The zero-order chi connectivity index (χ0) is 12.7. The van der Waals surface area contributed by atoms with E-state index in [1.165, 1.54) is 12.2 Å². The molecule has 0 aliphatic heterocycles. The number of hydrogen-bond acceptors (Lipinski definition) is 8. The minimum absolute atomic E-state index is 0.0445. The molecule has 0 saturated carbocycles.